The first-order chi connectivity index (χ1) is 10.4. The zero-order valence-corrected chi connectivity index (χ0v) is 13.2. The molecular weight excluding hydrogens is 284 g/mol. The molecule has 6 heteroatoms. The molecule has 0 aromatic heterocycles. The topological polar surface area (TPSA) is 81.9 Å². The summed E-state index contributed by atoms with van der Waals surface area (Å²) in [6.07, 6.45) is 0.222. The molecule has 22 heavy (non-hydrogen) atoms. The lowest BCUT2D eigenvalue weighted by molar-refractivity contribution is -0.160. The molecule has 0 aliphatic carbocycles. The van der Waals surface area contributed by atoms with Gasteiger partial charge in [0, 0.05) is 12.1 Å². The highest BCUT2D eigenvalue weighted by atomic mass is 16.5. The number of ether oxygens (including phenoxy) is 2. The molecular formula is C16H22N2O4. The second-order valence-electron chi connectivity index (χ2n) is 5.75. The molecule has 2 N–H and O–H groups in total. The summed E-state index contributed by atoms with van der Waals surface area (Å²) in [6.45, 7) is 4.51. The van der Waals surface area contributed by atoms with Crippen LogP contribution in [0.2, 0.25) is 0 Å². The number of aryl methyl sites for hydroxylation is 1. The van der Waals surface area contributed by atoms with Crippen LogP contribution in [-0.2, 0) is 20.7 Å². The van der Waals surface area contributed by atoms with Crippen molar-refractivity contribution in [2.75, 3.05) is 26.8 Å². The maximum Gasteiger partial charge on any atom is 0.251 e. The van der Waals surface area contributed by atoms with Gasteiger partial charge in [-0.1, -0.05) is 17.7 Å². The summed E-state index contributed by atoms with van der Waals surface area (Å²) in [5, 5.41) is 0. The predicted molar refractivity (Wildman–Crippen MR) is 81.6 cm³/mol. The molecule has 1 aromatic rings. The number of primary amides is 1. The van der Waals surface area contributed by atoms with Crippen LogP contribution in [0.25, 0.3) is 0 Å². The molecule has 0 bridgehead atoms. The number of hydrogen-bond donors (Lipinski definition) is 1. The van der Waals surface area contributed by atoms with Crippen LogP contribution >= 0.6 is 0 Å². The predicted octanol–water partition coefficient (Wildman–Crippen LogP) is 0.649. The average Bonchev–Trinajstić information content (AvgIpc) is 2.47. The fourth-order valence-corrected chi connectivity index (χ4v) is 2.55. The van der Waals surface area contributed by atoms with Crippen molar-refractivity contribution in [3.63, 3.8) is 0 Å². The van der Waals surface area contributed by atoms with Gasteiger partial charge in [0.25, 0.3) is 5.91 Å². The Hall–Kier alpha value is -2.08. The number of nitrogens with zero attached hydrogens (tertiary/aromatic N) is 1. The van der Waals surface area contributed by atoms with E-state index in [9.17, 15) is 9.59 Å². The van der Waals surface area contributed by atoms with E-state index in [0.29, 0.717) is 18.9 Å². The molecule has 0 spiro atoms. The van der Waals surface area contributed by atoms with Crippen LogP contribution in [0.4, 0.5) is 0 Å². The quantitative estimate of drug-likeness (QED) is 0.885. The van der Waals surface area contributed by atoms with E-state index in [1.54, 1.807) is 18.9 Å². The minimum atomic E-state index is -1.12. The van der Waals surface area contributed by atoms with Gasteiger partial charge in [-0.05, 0) is 19.9 Å². The highest BCUT2D eigenvalue weighted by Crippen LogP contribution is 2.23. The van der Waals surface area contributed by atoms with E-state index < -0.39 is 11.5 Å². The number of amides is 2. The third-order valence-electron chi connectivity index (χ3n) is 3.93. The van der Waals surface area contributed by atoms with Crippen LogP contribution in [0, 0.1) is 6.92 Å². The normalized spacial score (nSPS) is 21.5. The van der Waals surface area contributed by atoms with E-state index in [1.807, 2.05) is 25.1 Å². The van der Waals surface area contributed by atoms with Gasteiger partial charge in [0.1, 0.15) is 5.75 Å². The zero-order chi connectivity index (χ0) is 16.3. The second-order valence-corrected chi connectivity index (χ2v) is 5.75. The Kier molecular flexibility index (Phi) is 4.71. The number of nitrogens with two attached hydrogens (primary N) is 1. The number of carbonyl (C=O) groups is 2. The summed E-state index contributed by atoms with van der Waals surface area (Å²) >= 11 is 0. The number of methoxy groups -OCH3 is 1. The van der Waals surface area contributed by atoms with Crippen LogP contribution in [-0.4, -0.2) is 49.1 Å². The van der Waals surface area contributed by atoms with Gasteiger partial charge in [0.15, 0.2) is 5.60 Å². The minimum Gasteiger partial charge on any atom is -0.496 e. The lowest BCUT2D eigenvalue weighted by Crippen LogP contribution is -2.58. The Bertz CT molecular complexity index is 588. The van der Waals surface area contributed by atoms with E-state index in [4.69, 9.17) is 15.2 Å². The molecule has 1 heterocycles. The van der Waals surface area contributed by atoms with Crippen LogP contribution < -0.4 is 10.5 Å². The fourth-order valence-electron chi connectivity index (χ4n) is 2.55. The summed E-state index contributed by atoms with van der Waals surface area (Å²) in [7, 11) is 1.58. The van der Waals surface area contributed by atoms with Crippen molar-refractivity contribution < 1.29 is 19.1 Å². The van der Waals surface area contributed by atoms with Gasteiger partial charge in [0.05, 0.1) is 26.7 Å². The molecule has 120 valence electrons. The van der Waals surface area contributed by atoms with E-state index in [-0.39, 0.29) is 18.9 Å². The molecule has 2 rings (SSSR count). The smallest absolute Gasteiger partial charge is 0.251 e. The molecule has 0 saturated carbocycles. The van der Waals surface area contributed by atoms with Crippen molar-refractivity contribution in [2.45, 2.75) is 25.9 Å². The maximum absolute atomic E-state index is 12.5. The maximum atomic E-state index is 12.5. The molecule has 1 saturated heterocycles. The Labute approximate surface area is 130 Å². The third-order valence-corrected chi connectivity index (χ3v) is 3.93. The number of benzene rings is 1. The van der Waals surface area contributed by atoms with Gasteiger partial charge in [-0.25, -0.2) is 0 Å². The van der Waals surface area contributed by atoms with Crippen LogP contribution in [0.3, 0.4) is 0 Å². The zero-order valence-electron chi connectivity index (χ0n) is 13.2. The fraction of sp³-hybridized carbons (Fsp3) is 0.500. The molecule has 1 aromatic carbocycles. The molecule has 1 unspecified atom stereocenters. The first-order valence-corrected chi connectivity index (χ1v) is 7.21. The highest BCUT2D eigenvalue weighted by Gasteiger charge is 2.39. The van der Waals surface area contributed by atoms with Gasteiger partial charge < -0.3 is 20.1 Å². The first-order valence-electron chi connectivity index (χ1n) is 7.21. The first kappa shape index (κ1) is 16.3. The Morgan fingerprint density at radius 3 is 2.82 bits per heavy atom. The summed E-state index contributed by atoms with van der Waals surface area (Å²) in [5.74, 6) is 0.0580. The van der Waals surface area contributed by atoms with E-state index in [2.05, 4.69) is 0 Å². The molecule has 0 radical (unpaired) electrons. The molecule has 1 fully saturated rings. The highest BCUT2D eigenvalue weighted by molar-refractivity contribution is 5.85. The third kappa shape index (κ3) is 3.39. The van der Waals surface area contributed by atoms with E-state index in [1.165, 1.54) is 0 Å². The Balaban J connectivity index is 2.12. The number of carbonyl (C=O) groups excluding carboxylic acids is 2. The van der Waals surface area contributed by atoms with Crippen molar-refractivity contribution in [2.24, 2.45) is 5.73 Å². The van der Waals surface area contributed by atoms with Gasteiger partial charge in [-0.15, -0.1) is 0 Å². The van der Waals surface area contributed by atoms with Crippen LogP contribution in [0.5, 0.6) is 5.75 Å². The van der Waals surface area contributed by atoms with Crippen LogP contribution in [0.15, 0.2) is 18.2 Å². The molecule has 1 aliphatic heterocycles. The number of hydrogen-bond acceptors (Lipinski definition) is 4. The largest absolute Gasteiger partial charge is 0.496 e. The molecule has 2 amide bonds. The van der Waals surface area contributed by atoms with Crippen molar-refractivity contribution in [3.8, 4) is 5.75 Å². The van der Waals surface area contributed by atoms with Crippen molar-refractivity contribution in [1.29, 1.82) is 0 Å². The van der Waals surface area contributed by atoms with Crippen molar-refractivity contribution in [3.05, 3.63) is 29.3 Å². The lowest BCUT2D eigenvalue weighted by Gasteiger charge is -2.38. The average molecular weight is 306 g/mol. The monoisotopic (exact) mass is 306 g/mol. The minimum absolute atomic E-state index is 0.0697. The molecule has 1 atom stereocenters. The second kappa shape index (κ2) is 6.36. The van der Waals surface area contributed by atoms with E-state index in [0.717, 1.165) is 11.1 Å². The van der Waals surface area contributed by atoms with Crippen molar-refractivity contribution in [1.82, 2.24) is 4.90 Å². The molecule has 6 nitrogen and oxygen atoms in total. The number of morpholine rings is 1. The molecule has 1 aliphatic rings. The van der Waals surface area contributed by atoms with Crippen LogP contribution in [0.1, 0.15) is 18.1 Å². The lowest BCUT2D eigenvalue weighted by atomic mass is 10.0. The van der Waals surface area contributed by atoms with Gasteiger partial charge >= 0.3 is 0 Å². The SMILES string of the molecule is COc1ccc(C)cc1CC(=O)N1CCOC(C)(C(N)=O)C1. The van der Waals surface area contributed by atoms with Gasteiger partial charge in [-0.2, -0.15) is 0 Å². The Morgan fingerprint density at radius 2 is 2.18 bits per heavy atom. The standard InChI is InChI=1S/C16H22N2O4/c1-11-4-5-13(21-3)12(8-11)9-14(19)18-6-7-22-16(2,10-18)15(17)20/h4-5,8H,6-7,9-10H2,1-3H3,(H2,17,20). The summed E-state index contributed by atoms with van der Waals surface area (Å²) < 4.78 is 10.7. The van der Waals surface area contributed by atoms with E-state index >= 15 is 0 Å². The van der Waals surface area contributed by atoms with Crippen molar-refractivity contribution >= 4 is 11.8 Å². The number of rotatable bonds is 4. The Morgan fingerprint density at radius 1 is 1.45 bits per heavy atom. The van der Waals surface area contributed by atoms with Gasteiger partial charge in [0.2, 0.25) is 5.91 Å². The van der Waals surface area contributed by atoms with Gasteiger partial charge in [-0.3, -0.25) is 9.59 Å². The summed E-state index contributed by atoms with van der Waals surface area (Å²) in [4.78, 5) is 25.6. The summed E-state index contributed by atoms with van der Waals surface area (Å²) in [6, 6.07) is 5.72. The summed E-state index contributed by atoms with van der Waals surface area (Å²) in [5.41, 5.74) is 6.14.